The van der Waals surface area contributed by atoms with E-state index in [4.69, 9.17) is 0 Å². The Morgan fingerprint density at radius 1 is 0.923 bits per heavy atom. The van der Waals surface area contributed by atoms with Crippen LogP contribution in [0.1, 0.15) is 25.1 Å². The molecule has 2 aromatic carbocycles. The summed E-state index contributed by atoms with van der Waals surface area (Å²) in [5, 5.41) is 12.1. The van der Waals surface area contributed by atoms with Gasteiger partial charge in [0.25, 0.3) is 5.56 Å². The molecule has 132 valence electrons. The molecular formula is C21H22N4O. The van der Waals surface area contributed by atoms with Gasteiger partial charge in [-0.25, -0.2) is 9.78 Å². The molecule has 5 heteroatoms. The number of hydrogen-bond donors (Lipinski definition) is 1. The van der Waals surface area contributed by atoms with E-state index in [-0.39, 0.29) is 5.56 Å². The third-order valence-corrected chi connectivity index (χ3v) is 4.16. The predicted octanol–water partition coefficient (Wildman–Crippen LogP) is 4.42. The molecule has 4 aromatic rings. The van der Waals surface area contributed by atoms with Gasteiger partial charge in [0.05, 0.1) is 16.8 Å². The third-order valence-electron chi connectivity index (χ3n) is 4.16. The fourth-order valence-electron chi connectivity index (χ4n) is 2.90. The van der Waals surface area contributed by atoms with Crippen LogP contribution in [0.15, 0.2) is 59.4 Å². The van der Waals surface area contributed by atoms with Crippen molar-refractivity contribution in [2.24, 2.45) is 0 Å². The molecule has 5 nitrogen and oxygen atoms in total. The van der Waals surface area contributed by atoms with E-state index < -0.39 is 0 Å². The summed E-state index contributed by atoms with van der Waals surface area (Å²) in [6.07, 6.45) is 0. The molecule has 0 saturated heterocycles. The molecule has 0 saturated carbocycles. The van der Waals surface area contributed by atoms with Crippen molar-refractivity contribution in [3.63, 3.8) is 0 Å². The number of benzene rings is 2. The first-order valence-corrected chi connectivity index (χ1v) is 8.75. The van der Waals surface area contributed by atoms with E-state index in [0.29, 0.717) is 5.52 Å². The van der Waals surface area contributed by atoms with Crippen LogP contribution >= 0.6 is 0 Å². The van der Waals surface area contributed by atoms with Crippen LogP contribution in [0, 0.1) is 13.8 Å². The standard InChI is InChI=1S/C19H16N4O.C2H6/c1-12-8-10-15(11-9-12)23-13(2)16-17(14-6-4-3-5-7-14)20-21-19(24)18(16)22-23;1-2/h3-11H,1-2H3,(H,21,24);1-2H3. The number of aromatic nitrogens is 4. The van der Waals surface area contributed by atoms with Gasteiger partial charge in [0.1, 0.15) is 5.69 Å². The number of H-pyrrole nitrogens is 1. The molecule has 0 unspecified atom stereocenters. The first-order valence-electron chi connectivity index (χ1n) is 8.75. The van der Waals surface area contributed by atoms with Gasteiger partial charge in [0, 0.05) is 5.56 Å². The highest BCUT2D eigenvalue weighted by molar-refractivity contribution is 5.94. The van der Waals surface area contributed by atoms with Crippen molar-refractivity contribution in [3.05, 3.63) is 76.2 Å². The van der Waals surface area contributed by atoms with Crippen LogP contribution in [0.4, 0.5) is 0 Å². The molecule has 26 heavy (non-hydrogen) atoms. The van der Waals surface area contributed by atoms with E-state index in [2.05, 4.69) is 15.3 Å². The monoisotopic (exact) mass is 346 g/mol. The van der Waals surface area contributed by atoms with Gasteiger partial charge in [0.2, 0.25) is 0 Å². The lowest BCUT2D eigenvalue weighted by atomic mass is 10.1. The molecule has 2 heterocycles. The zero-order valence-corrected chi connectivity index (χ0v) is 15.4. The molecule has 0 radical (unpaired) electrons. The highest BCUT2D eigenvalue weighted by Crippen LogP contribution is 2.28. The Morgan fingerprint density at radius 2 is 1.58 bits per heavy atom. The van der Waals surface area contributed by atoms with Gasteiger partial charge in [-0.1, -0.05) is 61.9 Å². The molecule has 0 amide bonds. The molecule has 0 fully saturated rings. The maximum Gasteiger partial charge on any atom is 0.292 e. The Hall–Kier alpha value is -3.21. The first-order chi connectivity index (χ1) is 12.6. The number of nitrogens with zero attached hydrogens (tertiary/aromatic N) is 3. The van der Waals surface area contributed by atoms with Gasteiger partial charge < -0.3 is 0 Å². The molecule has 0 aliphatic rings. The number of rotatable bonds is 2. The molecule has 0 atom stereocenters. The summed E-state index contributed by atoms with van der Waals surface area (Å²) in [4.78, 5) is 12.2. The highest BCUT2D eigenvalue weighted by Gasteiger charge is 2.17. The van der Waals surface area contributed by atoms with Crippen molar-refractivity contribution in [2.45, 2.75) is 27.7 Å². The second-order valence-corrected chi connectivity index (χ2v) is 5.82. The number of aryl methyl sites for hydroxylation is 2. The number of nitrogens with one attached hydrogen (secondary N) is 1. The Morgan fingerprint density at radius 3 is 2.23 bits per heavy atom. The average molecular weight is 346 g/mol. The van der Waals surface area contributed by atoms with Gasteiger partial charge in [-0.05, 0) is 26.0 Å². The molecule has 1 N–H and O–H groups in total. The lowest BCUT2D eigenvalue weighted by Crippen LogP contribution is -2.09. The van der Waals surface area contributed by atoms with Crippen LogP contribution in [-0.2, 0) is 0 Å². The summed E-state index contributed by atoms with van der Waals surface area (Å²) in [7, 11) is 0. The van der Waals surface area contributed by atoms with Crippen molar-refractivity contribution in [2.75, 3.05) is 0 Å². The summed E-state index contributed by atoms with van der Waals surface area (Å²) >= 11 is 0. The van der Waals surface area contributed by atoms with Gasteiger partial charge in [-0.3, -0.25) is 4.79 Å². The van der Waals surface area contributed by atoms with Crippen molar-refractivity contribution < 1.29 is 0 Å². The van der Waals surface area contributed by atoms with E-state index in [1.165, 1.54) is 5.56 Å². The highest BCUT2D eigenvalue weighted by atomic mass is 16.1. The second kappa shape index (κ2) is 7.35. The van der Waals surface area contributed by atoms with Crippen molar-refractivity contribution in [1.29, 1.82) is 0 Å². The maximum atomic E-state index is 12.2. The van der Waals surface area contributed by atoms with Gasteiger partial charge in [-0.15, -0.1) is 0 Å². The van der Waals surface area contributed by atoms with Crippen molar-refractivity contribution in [3.8, 4) is 16.9 Å². The van der Waals surface area contributed by atoms with Crippen LogP contribution in [0.25, 0.3) is 27.8 Å². The molecular weight excluding hydrogens is 324 g/mol. The SMILES string of the molecule is CC.Cc1ccc(-n2nc3c(=O)[nH]nc(-c4ccccc4)c3c2C)cc1. The Balaban J connectivity index is 0.000000948. The number of fused-ring (bicyclic) bond motifs is 1. The normalized spacial score (nSPS) is 10.5. The smallest absolute Gasteiger partial charge is 0.265 e. The van der Waals surface area contributed by atoms with Crippen molar-refractivity contribution >= 4 is 10.9 Å². The molecule has 0 spiro atoms. The summed E-state index contributed by atoms with van der Waals surface area (Å²) in [6.45, 7) is 8.00. The van der Waals surface area contributed by atoms with Gasteiger partial charge in [-0.2, -0.15) is 10.2 Å². The van der Waals surface area contributed by atoms with Crippen LogP contribution in [0.3, 0.4) is 0 Å². The Labute approximate surface area is 152 Å². The molecule has 0 aliphatic heterocycles. The summed E-state index contributed by atoms with van der Waals surface area (Å²) in [6, 6.07) is 17.9. The first kappa shape index (κ1) is 17.6. The molecule has 2 aromatic heterocycles. The van der Waals surface area contributed by atoms with E-state index in [1.54, 1.807) is 4.68 Å². The van der Waals surface area contributed by atoms with Crippen LogP contribution in [-0.4, -0.2) is 20.0 Å². The molecule has 0 bridgehead atoms. The zero-order valence-electron chi connectivity index (χ0n) is 15.4. The topological polar surface area (TPSA) is 63.6 Å². The Bertz CT molecular complexity index is 1080. The van der Waals surface area contributed by atoms with Gasteiger partial charge >= 0.3 is 0 Å². The summed E-state index contributed by atoms with van der Waals surface area (Å²) in [5.74, 6) is 0. The lowest BCUT2D eigenvalue weighted by molar-refractivity contribution is 0.857. The molecule has 4 rings (SSSR count). The summed E-state index contributed by atoms with van der Waals surface area (Å²) in [5.41, 5.74) is 4.81. The van der Waals surface area contributed by atoms with E-state index in [9.17, 15) is 4.79 Å². The third kappa shape index (κ3) is 3.04. The minimum Gasteiger partial charge on any atom is -0.265 e. The van der Waals surface area contributed by atoms with E-state index in [0.717, 1.165) is 28.0 Å². The molecule has 0 aliphatic carbocycles. The van der Waals surface area contributed by atoms with E-state index in [1.807, 2.05) is 82.3 Å². The minimum atomic E-state index is -0.279. The van der Waals surface area contributed by atoms with Crippen LogP contribution < -0.4 is 5.56 Å². The maximum absolute atomic E-state index is 12.2. The number of aromatic amines is 1. The summed E-state index contributed by atoms with van der Waals surface area (Å²) < 4.78 is 1.80. The Kier molecular flexibility index (Phi) is 4.98. The fraction of sp³-hybridized carbons (Fsp3) is 0.190. The average Bonchev–Trinajstić information content (AvgIpc) is 3.04. The largest absolute Gasteiger partial charge is 0.292 e. The van der Waals surface area contributed by atoms with Crippen LogP contribution in [0.5, 0.6) is 0 Å². The lowest BCUT2D eigenvalue weighted by Gasteiger charge is -2.05. The van der Waals surface area contributed by atoms with Crippen LogP contribution in [0.2, 0.25) is 0 Å². The van der Waals surface area contributed by atoms with Gasteiger partial charge in [0.15, 0.2) is 5.52 Å². The van der Waals surface area contributed by atoms with E-state index >= 15 is 0 Å². The predicted molar refractivity (Wildman–Crippen MR) is 106 cm³/mol. The number of hydrogen-bond acceptors (Lipinski definition) is 3. The second-order valence-electron chi connectivity index (χ2n) is 5.82. The van der Waals surface area contributed by atoms with Crippen molar-refractivity contribution in [1.82, 2.24) is 20.0 Å². The minimum absolute atomic E-state index is 0.279. The zero-order chi connectivity index (χ0) is 18.7. The quantitative estimate of drug-likeness (QED) is 0.584. The fourth-order valence-corrected chi connectivity index (χ4v) is 2.90.